The molecule has 0 aliphatic carbocycles. The zero-order valence-corrected chi connectivity index (χ0v) is 15.9. The fourth-order valence-electron chi connectivity index (χ4n) is 3.23. The minimum atomic E-state index is -0.935. The van der Waals surface area contributed by atoms with Crippen molar-refractivity contribution in [3.63, 3.8) is 0 Å². The lowest BCUT2D eigenvalue weighted by atomic mass is 10.1. The number of hydrogen-bond acceptors (Lipinski definition) is 5. The predicted molar refractivity (Wildman–Crippen MR) is 106 cm³/mol. The number of ether oxygens (including phenoxy) is 1. The Morgan fingerprint density at radius 1 is 1.31 bits per heavy atom. The largest absolute Gasteiger partial charge is 0.497 e. The molecule has 3 amide bonds. The number of hydrogen-bond donors (Lipinski definition) is 0. The molecule has 0 aromatic heterocycles. The first-order valence-corrected chi connectivity index (χ1v) is 8.93. The molecule has 146 valence electrons. The number of imide groups is 1. The lowest BCUT2D eigenvalue weighted by molar-refractivity contribution is -0.122. The summed E-state index contributed by atoms with van der Waals surface area (Å²) in [7, 11) is 1.50. The van der Waals surface area contributed by atoms with Crippen LogP contribution in [0.15, 0.2) is 61.2 Å². The molecule has 1 aliphatic heterocycles. The van der Waals surface area contributed by atoms with Gasteiger partial charge in [0.2, 0.25) is 5.91 Å². The van der Waals surface area contributed by atoms with Crippen LogP contribution in [-0.4, -0.2) is 42.3 Å². The van der Waals surface area contributed by atoms with Crippen LogP contribution in [0.2, 0.25) is 0 Å². The SMILES string of the molecule is C=CCN(C(=O)c1cccc(OC)c1)C1CC(=O)N(c2ccc(C#N)cc2)C1=O. The van der Waals surface area contributed by atoms with E-state index in [0.29, 0.717) is 22.6 Å². The Bertz CT molecular complexity index is 1010. The Balaban J connectivity index is 1.90. The van der Waals surface area contributed by atoms with Crippen LogP contribution in [0.25, 0.3) is 0 Å². The van der Waals surface area contributed by atoms with Crippen molar-refractivity contribution >= 4 is 23.4 Å². The van der Waals surface area contributed by atoms with Gasteiger partial charge in [0.15, 0.2) is 0 Å². The van der Waals surface area contributed by atoms with E-state index < -0.39 is 23.8 Å². The van der Waals surface area contributed by atoms with E-state index in [4.69, 9.17) is 10.00 Å². The highest BCUT2D eigenvalue weighted by atomic mass is 16.5. The number of rotatable bonds is 6. The first kappa shape index (κ1) is 19.8. The van der Waals surface area contributed by atoms with Gasteiger partial charge in [-0.2, -0.15) is 5.26 Å². The van der Waals surface area contributed by atoms with Crippen LogP contribution >= 0.6 is 0 Å². The van der Waals surface area contributed by atoms with E-state index in [9.17, 15) is 14.4 Å². The highest BCUT2D eigenvalue weighted by molar-refractivity contribution is 6.23. The Morgan fingerprint density at radius 3 is 2.66 bits per heavy atom. The molecule has 1 atom stereocenters. The van der Waals surface area contributed by atoms with Crippen molar-refractivity contribution in [2.45, 2.75) is 12.5 Å². The van der Waals surface area contributed by atoms with Crippen molar-refractivity contribution in [3.05, 3.63) is 72.3 Å². The molecule has 1 fully saturated rings. The first-order valence-electron chi connectivity index (χ1n) is 8.93. The summed E-state index contributed by atoms with van der Waals surface area (Å²) in [5, 5.41) is 8.92. The summed E-state index contributed by atoms with van der Waals surface area (Å²) in [6, 6.07) is 13.8. The molecule has 0 spiro atoms. The highest BCUT2D eigenvalue weighted by Crippen LogP contribution is 2.27. The third-order valence-electron chi connectivity index (χ3n) is 4.66. The molecule has 3 rings (SSSR count). The molecular formula is C22H19N3O4. The van der Waals surface area contributed by atoms with Crippen LogP contribution in [0, 0.1) is 11.3 Å². The van der Waals surface area contributed by atoms with E-state index in [1.807, 2.05) is 6.07 Å². The number of amides is 3. The average Bonchev–Trinajstić information content (AvgIpc) is 3.05. The minimum absolute atomic E-state index is 0.112. The Kier molecular flexibility index (Phi) is 5.74. The fourth-order valence-corrected chi connectivity index (χ4v) is 3.23. The molecule has 1 aliphatic rings. The monoisotopic (exact) mass is 389 g/mol. The predicted octanol–water partition coefficient (Wildman–Crippen LogP) is 2.53. The molecule has 2 aromatic rings. The summed E-state index contributed by atoms with van der Waals surface area (Å²) in [4.78, 5) is 41.1. The Hall–Kier alpha value is -3.92. The molecule has 0 bridgehead atoms. The molecule has 0 saturated carbocycles. The van der Waals surface area contributed by atoms with E-state index in [-0.39, 0.29) is 13.0 Å². The number of carbonyl (C=O) groups is 3. The van der Waals surface area contributed by atoms with Gasteiger partial charge >= 0.3 is 0 Å². The van der Waals surface area contributed by atoms with E-state index >= 15 is 0 Å². The number of nitrogens with zero attached hydrogens (tertiary/aromatic N) is 3. The van der Waals surface area contributed by atoms with Crippen molar-refractivity contribution < 1.29 is 19.1 Å². The normalized spacial score (nSPS) is 15.7. The molecule has 29 heavy (non-hydrogen) atoms. The van der Waals surface area contributed by atoms with Crippen LogP contribution in [0.3, 0.4) is 0 Å². The summed E-state index contributed by atoms with van der Waals surface area (Å²) in [6.07, 6.45) is 1.39. The lowest BCUT2D eigenvalue weighted by Gasteiger charge is -2.26. The van der Waals surface area contributed by atoms with Crippen molar-refractivity contribution in [1.29, 1.82) is 5.26 Å². The van der Waals surface area contributed by atoms with Crippen molar-refractivity contribution in [3.8, 4) is 11.8 Å². The molecular weight excluding hydrogens is 370 g/mol. The smallest absolute Gasteiger partial charge is 0.257 e. The van der Waals surface area contributed by atoms with Gasteiger partial charge in [-0.05, 0) is 42.5 Å². The van der Waals surface area contributed by atoms with E-state index in [2.05, 4.69) is 6.58 Å². The van der Waals surface area contributed by atoms with E-state index in [1.165, 1.54) is 30.2 Å². The zero-order valence-electron chi connectivity index (χ0n) is 15.9. The van der Waals surface area contributed by atoms with Crippen molar-refractivity contribution in [2.24, 2.45) is 0 Å². The van der Waals surface area contributed by atoms with Crippen molar-refractivity contribution in [2.75, 3.05) is 18.6 Å². The number of methoxy groups -OCH3 is 1. The minimum Gasteiger partial charge on any atom is -0.497 e. The maximum atomic E-state index is 13.1. The Morgan fingerprint density at radius 2 is 2.03 bits per heavy atom. The first-order chi connectivity index (χ1) is 14.0. The van der Waals surface area contributed by atoms with Gasteiger partial charge in [-0.1, -0.05) is 12.1 Å². The lowest BCUT2D eigenvalue weighted by Crippen LogP contribution is -2.45. The molecule has 1 heterocycles. The van der Waals surface area contributed by atoms with Crippen LogP contribution in [0.5, 0.6) is 5.75 Å². The number of benzene rings is 2. The summed E-state index contributed by atoms with van der Waals surface area (Å²) >= 11 is 0. The standard InChI is InChI=1S/C22H19N3O4/c1-3-11-24(21(27)16-5-4-6-18(12-16)29-2)19-13-20(26)25(22(19)28)17-9-7-15(14-23)8-10-17/h3-10,12,19H,1,11,13H2,2H3. The topological polar surface area (TPSA) is 90.7 Å². The third kappa shape index (κ3) is 3.87. The molecule has 7 heteroatoms. The quantitative estimate of drug-likeness (QED) is 0.559. The molecule has 2 aromatic carbocycles. The van der Waals surface area contributed by atoms with Gasteiger partial charge < -0.3 is 9.64 Å². The third-order valence-corrected chi connectivity index (χ3v) is 4.66. The second kappa shape index (κ2) is 8.40. The maximum absolute atomic E-state index is 13.1. The molecule has 1 saturated heterocycles. The second-order valence-electron chi connectivity index (χ2n) is 6.42. The summed E-state index contributed by atoms with van der Waals surface area (Å²) in [6.45, 7) is 3.78. The maximum Gasteiger partial charge on any atom is 0.257 e. The summed E-state index contributed by atoms with van der Waals surface area (Å²) < 4.78 is 5.16. The van der Waals surface area contributed by atoms with Gasteiger partial charge in [-0.25, -0.2) is 4.90 Å². The number of anilines is 1. The van der Waals surface area contributed by atoms with Gasteiger partial charge in [0.1, 0.15) is 11.8 Å². The van der Waals surface area contributed by atoms with Gasteiger partial charge in [-0.15, -0.1) is 6.58 Å². The van der Waals surface area contributed by atoms with Gasteiger partial charge in [-0.3, -0.25) is 14.4 Å². The van der Waals surface area contributed by atoms with Crippen molar-refractivity contribution in [1.82, 2.24) is 4.90 Å². The zero-order chi connectivity index (χ0) is 21.0. The van der Waals surface area contributed by atoms with Gasteiger partial charge in [0, 0.05) is 12.1 Å². The van der Waals surface area contributed by atoms with E-state index in [0.717, 1.165) is 4.90 Å². The van der Waals surface area contributed by atoms with Gasteiger partial charge in [0.05, 0.1) is 30.9 Å². The molecule has 0 N–H and O–H groups in total. The van der Waals surface area contributed by atoms with Crippen LogP contribution in [-0.2, 0) is 9.59 Å². The number of nitriles is 1. The molecule has 1 unspecified atom stereocenters. The average molecular weight is 389 g/mol. The fraction of sp³-hybridized carbons (Fsp3) is 0.182. The molecule has 7 nitrogen and oxygen atoms in total. The van der Waals surface area contributed by atoms with Crippen LogP contribution < -0.4 is 9.64 Å². The van der Waals surface area contributed by atoms with Crippen LogP contribution in [0.4, 0.5) is 5.69 Å². The summed E-state index contributed by atoms with van der Waals surface area (Å²) in [5.74, 6) is -0.769. The Labute approximate surface area is 168 Å². The molecule has 0 radical (unpaired) electrons. The second-order valence-corrected chi connectivity index (χ2v) is 6.42. The highest BCUT2D eigenvalue weighted by Gasteiger charge is 2.44. The van der Waals surface area contributed by atoms with Gasteiger partial charge in [0.25, 0.3) is 11.8 Å². The number of carbonyl (C=O) groups excluding carboxylic acids is 3. The summed E-state index contributed by atoms with van der Waals surface area (Å²) in [5.41, 5.74) is 1.14. The van der Waals surface area contributed by atoms with E-state index in [1.54, 1.807) is 36.4 Å². The van der Waals surface area contributed by atoms with Crippen LogP contribution in [0.1, 0.15) is 22.3 Å².